The number of aliphatic hydroxyl groups is 1. The molecule has 2 aromatic rings. The van der Waals surface area contributed by atoms with Gasteiger partial charge < -0.3 is 15.2 Å². The Morgan fingerprint density at radius 2 is 1.86 bits per heavy atom. The maximum absolute atomic E-state index is 13.1. The molecule has 0 amide bonds. The maximum atomic E-state index is 13.1. The van der Waals surface area contributed by atoms with Crippen LogP contribution in [0.3, 0.4) is 0 Å². The first kappa shape index (κ1) is 15.5. The van der Waals surface area contributed by atoms with E-state index in [0.29, 0.717) is 12.1 Å². The molecule has 0 aliphatic carbocycles. The van der Waals surface area contributed by atoms with Crippen molar-refractivity contribution in [2.24, 2.45) is 0 Å². The van der Waals surface area contributed by atoms with E-state index in [1.165, 1.54) is 12.1 Å². The second kappa shape index (κ2) is 7.20. The Hall–Kier alpha value is -1.91. The summed E-state index contributed by atoms with van der Waals surface area (Å²) >= 11 is 0. The van der Waals surface area contributed by atoms with E-state index in [9.17, 15) is 9.50 Å². The van der Waals surface area contributed by atoms with Gasteiger partial charge in [-0.15, -0.1) is 0 Å². The molecule has 1 unspecified atom stereocenters. The zero-order valence-electron chi connectivity index (χ0n) is 12.2. The first-order chi connectivity index (χ1) is 10.1. The van der Waals surface area contributed by atoms with Crippen molar-refractivity contribution in [3.05, 3.63) is 65.5 Å². The van der Waals surface area contributed by atoms with E-state index in [4.69, 9.17) is 4.74 Å². The van der Waals surface area contributed by atoms with Gasteiger partial charge >= 0.3 is 0 Å². The number of nitrogens with one attached hydrogen (secondary N) is 1. The molecule has 2 N–H and O–H groups in total. The summed E-state index contributed by atoms with van der Waals surface area (Å²) in [5.41, 5.74) is 1.64. The Morgan fingerprint density at radius 3 is 2.57 bits per heavy atom. The number of rotatable bonds is 6. The summed E-state index contributed by atoms with van der Waals surface area (Å²) in [5.74, 6) is 0.458. The molecule has 0 saturated carbocycles. The minimum absolute atomic E-state index is 0.0586. The van der Waals surface area contributed by atoms with Gasteiger partial charge in [0.05, 0.1) is 13.2 Å². The van der Waals surface area contributed by atoms with Crippen molar-refractivity contribution in [3.63, 3.8) is 0 Å². The van der Waals surface area contributed by atoms with Gasteiger partial charge in [0.15, 0.2) is 0 Å². The average molecular weight is 289 g/mol. The predicted octanol–water partition coefficient (Wildman–Crippen LogP) is 3.22. The topological polar surface area (TPSA) is 41.5 Å². The van der Waals surface area contributed by atoms with Crippen molar-refractivity contribution >= 4 is 0 Å². The van der Waals surface area contributed by atoms with Crippen LogP contribution in [0.4, 0.5) is 4.39 Å². The molecule has 0 saturated heterocycles. The molecular weight excluding hydrogens is 269 g/mol. The number of benzene rings is 2. The number of aliphatic hydroxyl groups excluding tert-OH is 1. The molecule has 0 aliphatic heterocycles. The Bertz CT molecular complexity index is 589. The van der Waals surface area contributed by atoms with E-state index < -0.39 is 6.10 Å². The number of hydrogen-bond donors (Lipinski definition) is 2. The molecule has 21 heavy (non-hydrogen) atoms. The molecule has 2 rings (SSSR count). The third kappa shape index (κ3) is 4.28. The van der Waals surface area contributed by atoms with Gasteiger partial charge in [0.2, 0.25) is 0 Å². The first-order valence-electron chi connectivity index (χ1n) is 6.91. The highest BCUT2D eigenvalue weighted by Gasteiger charge is 2.11. The first-order valence-corrected chi connectivity index (χ1v) is 6.91. The fraction of sp³-hybridized carbons (Fsp3) is 0.294. The highest BCUT2D eigenvalue weighted by atomic mass is 19.1. The van der Waals surface area contributed by atoms with Crippen LogP contribution >= 0.6 is 0 Å². The lowest BCUT2D eigenvalue weighted by molar-refractivity contribution is 0.170. The van der Waals surface area contributed by atoms with Crippen molar-refractivity contribution in [2.45, 2.75) is 19.1 Å². The van der Waals surface area contributed by atoms with Crippen LogP contribution in [0.15, 0.2) is 48.5 Å². The van der Waals surface area contributed by atoms with Crippen molar-refractivity contribution in [1.82, 2.24) is 5.32 Å². The van der Waals surface area contributed by atoms with Crippen LogP contribution in [0.5, 0.6) is 5.75 Å². The van der Waals surface area contributed by atoms with Crippen molar-refractivity contribution in [3.8, 4) is 5.75 Å². The highest BCUT2D eigenvalue weighted by Crippen LogP contribution is 2.20. The van der Waals surface area contributed by atoms with Gasteiger partial charge in [0.25, 0.3) is 0 Å². The second-order valence-electron chi connectivity index (χ2n) is 4.98. The second-order valence-corrected chi connectivity index (χ2v) is 4.98. The van der Waals surface area contributed by atoms with Crippen LogP contribution in [-0.4, -0.2) is 18.8 Å². The van der Waals surface area contributed by atoms with E-state index in [2.05, 4.69) is 5.32 Å². The number of ether oxygens (including phenoxy) is 1. The molecule has 0 bridgehead atoms. The highest BCUT2D eigenvalue weighted by molar-refractivity contribution is 5.30. The van der Waals surface area contributed by atoms with Crippen molar-refractivity contribution in [2.75, 3.05) is 13.7 Å². The summed E-state index contributed by atoms with van der Waals surface area (Å²) in [7, 11) is 1.63. The molecule has 112 valence electrons. The Kier molecular flexibility index (Phi) is 5.31. The number of halogens is 1. The summed E-state index contributed by atoms with van der Waals surface area (Å²) in [5, 5.41) is 13.3. The van der Waals surface area contributed by atoms with Gasteiger partial charge in [-0.3, -0.25) is 0 Å². The zero-order valence-corrected chi connectivity index (χ0v) is 12.2. The van der Waals surface area contributed by atoms with Gasteiger partial charge in [-0.25, -0.2) is 4.39 Å². The third-order valence-corrected chi connectivity index (χ3v) is 3.44. The Balaban J connectivity index is 1.95. The average Bonchev–Trinajstić information content (AvgIpc) is 2.52. The molecule has 0 heterocycles. The molecular formula is C17H20FNO2. The molecule has 0 radical (unpaired) electrons. The summed E-state index contributed by atoms with van der Waals surface area (Å²) in [6, 6.07) is 13.8. The molecule has 2 atom stereocenters. The maximum Gasteiger partial charge on any atom is 0.123 e. The SMILES string of the molecule is COc1cccc([C@@H](C)NCC(O)c2cccc(F)c2)c1. The van der Waals surface area contributed by atoms with Crippen molar-refractivity contribution in [1.29, 1.82) is 0 Å². The Morgan fingerprint density at radius 1 is 1.14 bits per heavy atom. The van der Waals surface area contributed by atoms with Crippen LogP contribution in [0, 0.1) is 5.82 Å². The van der Waals surface area contributed by atoms with Crippen LogP contribution in [0.25, 0.3) is 0 Å². The van der Waals surface area contributed by atoms with E-state index in [1.54, 1.807) is 19.2 Å². The van der Waals surface area contributed by atoms with Gasteiger partial charge in [0.1, 0.15) is 11.6 Å². The van der Waals surface area contributed by atoms with Gasteiger partial charge in [-0.2, -0.15) is 0 Å². The van der Waals surface area contributed by atoms with E-state index in [0.717, 1.165) is 11.3 Å². The third-order valence-electron chi connectivity index (χ3n) is 3.44. The summed E-state index contributed by atoms with van der Waals surface area (Å²) in [6.45, 7) is 2.36. The summed E-state index contributed by atoms with van der Waals surface area (Å²) in [4.78, 5) is 0. The van der Waals surface area contributed by atoms with E-state index in [-0.39, 0.29) is 11.9 Å². The fourth-order valence-electron chi connectivity index (χ4n) is 2.15. The molecule has 2 aromatic carbocycles. The molecule has 3 nitrogen and oxygen atoms in total. The lowest BCUT2D eigenvalue weighted by Crippen LogP contribution is -2.24. The monoisotopic (exact) mass is 289 g/mol. The lowest BCUT2D eigenvalue weighted by Gasteiger charge is -2.18. The molecule has 0 aromatic heterocycles. The number of methoxy groups -OCH3 is 1. The largest absolute Gasteiger partial charge is 0.497 e. The van der Waals surface area contributed by atoms with E-state index in [1.807, 2.05) is 31.2 Å². The minimum atomic E-state index is -0.742. The van der Waals surface area contributed by atoms with Gasteiger partial charge in [-0.1, -0.05) is 24.3 Å². The van der Waals surface area contributed by atoms with Crippen LogP contribution in [0.1, 0.15) is 30.2 Å². The normalized spacial score (nSPS) is 13.7. The predicted molar refractivity (Wildman–Crippen MR) is 80.8 cm³/mol. The molecule has 4 heteroatoms. The van der Waals surface area contributed by atoms with Gasteiger partial charge in [0, 0.05) is 12.6 Å². The van der Waals surface area contributed by atoms with E-state index >= 15 is 0 Å². The summed E-state index contributed by atoms with van der Waals surface area (Å²) < 4.78 is 18.3. The number of hydrogen-bond acceptors (Lipinski definition) is 3. The smallest absolute Gasteiger partial charge is 0.123 e. The van der Waals surface area contributed by atoms with Crippen molar-refractivity contribution < 1.29 is 14.2 Å². The quantitative estimate of drug-likeness (QED) is 0.858. The van der Waals surface area contributed by atoms with Crippen LogP contribution < -0.4 is 10.1 Å². The lowest BCUT2D eigenvalue weighted by atomic mass is 10.1. The summed E-state index contributed by atoms with van der Waals surface area (Å²) in [6.07, 6.45) is -0.742. The minimum Gasteiger partial charge on any atom is -0.497 e. The molecule has 0 spiro atoms. The Labute approximate surface area is 124 Å². The van der Waals surface area contributed by atoms with Crippen LogP contribution in [0.2, 0.25) is 0 Å². The van der Waals surface area contributed by atoms with Gasteiger partial charge in [-0.05, 0) is 42.3 Å². The molecule has 0 aliphatic rings. The zero-order chi connectivity index (χ0) is 15.2. The molecule has 0 fully saturated rings. The van der Waals surface area contributed by atoms with Crippen LogP contribution in [-0.2, 0) is 0 Å². The standard InChI is InChI=1S/C17H20FNO2/c1-12(13-5-4-8-16(10-13)21-2)19-11-17(20)14-6-3-7-15(18)9-14/h3-10,12,17,19-20H,11H2,1-2H3/t12-,17?/m1/s1. The fourth-order valence-corrected chi connectivity index (χ4v) is 2.15.